The Kier molecular flexibility index (Phi) is 8.60. The molecule has 218 valence electrons. The van der Waals surface area contributed by atoms with Crippen LogP contribution in [0.25, 0.3) is 11.1 Å². The number of nitrogens with one attached hydrogen (secondary N) is 2. The lowest BCUT2D eigenvalue weighted by Gasteiger charge is -2.36. The molecular weight excluding hydrogens is 524 g/mol. The summed E-state index contributed by atoms with van der Waals surface area (Å²) in [5.74, 6) is -0.331. The average Bonchev–Trinajstić information content (AvgIpc) is 3.43. The van der Waals surface area contributed by atoms with Crippen LogP contribution >= 0.6 is 0 Å². The van der Waals surface area contributed by atoms with E-state index in [2.05, 4.69) is 15.5 Å². The van der Waals surface area contributed by atoms with Crippen molar-refractivity contribution in [1.82, 2.24) is 4.90 Å². The molecule has 2 heterocycles. The number of piperazine rings is 1. The number of amides is 3. The molecule has 3 aromatic rings. The standard InChI is InChI=1S/C31H38N4O6/c1-30(2,3)40-28(37)33-25-12-9-22(23-13-18-39-20-23)19-26(25)32-27(36)21-7-10-24(11-8-21)34-14-16-35(17-15-34)29(38)41-31(4,5)6/h7-13,18-20H,14-17H2,1-6H3,(H,32,36)(H,33,37). The number of ether oxygens (including phenoxy) is 2. The SMILES string of the molecule is CC(C)(C)OC(=O)Nc1ccc(-c2ccoc2)cc1NC(=O)c1ccc(N2CCN(C(=O)OC(C)(C)C)CC2)cc1. The van der Waals surface area contributed by atoms with Crippen LogP contribution < -0.4 is 15.5 Å². The minimum absolute atomic E-state index is 0.304. The molecule has 0 unspecified atom stereocenters. The van der Waals surface area contributed by atoms with Crippen LogP contribution in [-0.4, -0.2) is 60.4 Å². The van der Waals surface area contributed by atoms with E-state index in [1.807, 2.05) is 45.0 Å². The lowest BCUT2D eigenvalue weighted by atomic mass is 10.1. The third-order valence-electron chi connectivity index (χ3n) is 6.18. The monoisotopic (exact) mass is 562 g/mol. The molecule has 0 bridgehead atoms. The number of hydrogen-bond donors (Lipinski definition) is 2. The summed E-state index contributed by atoms with van der Waals surface area (Å²) in [7, 11) is 0. The molecule has 0 atom stereocenters. The number of furan rings is 1. The van der Waals surface area contributed by atoms with Gasteiger partial charge in [0.05, 0.1) is 23.9 Å². The molecular formula is C31H38N4O6. The van der Waals surface area contributed by atoms with E-state index in [0.29, 0.717) is 43.1 Å². The second kappa shape index (κ2) is 12.0. The van der Waals surface area contributed by atoms with Crippen LogP contribution in [0.2, 0.25) is 0 Å². The minimum Gasteiger partial charge on any atom is -0.472 e. The summed E-state index contributed by atoms with van der Waals surface area (Å²) in [4.78, 5) is 42.0. The predicted octanol–water partition coefficient (Wildman–Crippen LogP) is 6.60. The van der Waals surface area contributed by atoms with Crippen molar-refractivity contribution < 1.29 is 28.3 Å². The van der Waals surface area contributed by atoms with Gasteiger partial charge in [-0.2, -0.15) is 0 Å². The van der Waals surface area contributed by atoms with Gasteiger partial charge in [0.25, 0.3) is 5.91 Å². The van der Waals surface area contributed by atoms with Crippen molar-refractivity contribution in [2.45, 2.75) is 52.7 Å². The summed E-state index contributed by atoms with van der Waals surface area (Å²) < 4.78 is 16.1. The van der Waals surface area contributed by atoms with Gasteiger partial charge in [-0.1, -0.05) is 6.07 Å². The first kappa shape index (κ1) is 29.5. The van der Waals surface area contributed by atoms with E-state index in [1.54, 1.807) is 62.5 Å². The van der Waals surface area contributed by atoms with Crippen molar-refractivity contribution in [1.29, 1.82) is 0 Å². The van der Waals surface area contributed by atoms with Gasteiger partial charge in [-0.15, -0.1) is 0 Å². The zero-order valence-corrected chi connectivity index (χ0v) is 24.4. The number of nitrogens with zero attached hydrogens (tertiary/aromatic N) is 2. The molecule has 0 spiro atoms. The smallest absolute Gasteiger partial charge is 0.412 e. The fourth-order valence-corrected chi connectivity index (χ4v) is 4.27. The highest BCUT2D eigenvalue weighted by Gasteiger charge is 2.26. The molecule has 1 aromatic heterocycles. The van der Waals surface area contributed by atoms with Crippen LogP contribution in [0.3, 0.4) is 0 Å². The molecule has 0 saturated carbocycles. The van der Waals surface area contributed by atoms with Crippen molar-refractivity contribution in [3.05, 3.63) is 66.6 Å². The average molecular weight is 563 g/mol. The van der Waals surface area contributed by atoms with Crippen molar-refractivity contribution in [2.24, 2.45) is 0 Å². The van der Waals surface area contributed by atoms with E-state index in [4.69, 9.17) is 13.9 Å². The lowest BCUT2D eigenvalue weighted by molar-refractivity contribution is 0.0240. The molecule has 3 amide bonds. The molecule has 1 aliphatic heterocycles. The Morgan fingerprint density at radius 1 is 0.756 bits per heavy atom. The number of carbonyl (C=O) groups excluding carboxylic acids is 3. The molecule has 10 heteroatoms. The molecule has 1 fully saturated rings. The summed E-state index contributed by atoms with van der Waals surface area (Å²) in [6.45, 7) is 13.3. The second-order valence-electron chi connectivity index (χ2n) is 11.9. The fraction of sp³-hybridized carbons (Fsp3) is 0.387. The molecule has 1 saturated heterocycles. The summed E-state index contributed by atoms with van der Waals surface area (Å²) in [5, 5.41) is 5.65. The van der Waals surface area contributed by atoms with Crippen LogP contribution in [0.15, 0.2) is 65.5 Å². The highest BCUT2D eigenvalue weighted by molar-refractivity contribution is 6.07. The van der Waals surface area contributed by atoms with E-state index in [-0.39, 0.29) is 12.0 Å². The molecule has 2 N–H and O–H groups in total. The highest BCUT2D eigenvalue weighted by atomic mass is 16.6. The number of benzene rings is 2. The maximum absolute atomic E-state index is 13.3. The Bertz CT molecular complexity index is 1360. The Morgan fingerprint density at radius 3 is 2.00 bits per heavy atom. The minimum atomic E-state index is -0.672. The van der Waals surface area contributed by atoms with Crippen molar-refractivity contribution >= 4 is 35.2 Å². The third kappa shape index (κ3) is 8.26. The van der Waals surface area contributed by atoms with Gasteiger partial charge in [0.15, 0.2) is 0 Å². The van der Waals surface area contributed by atoms with Crippen molar-refractivity contribution in [3.8, 4) is 11.1 Å². The van der Waals surface area contributed by atoms with E-state index < -0.39 is 17.3 Å². The van der Waals surface area contributed by atoms with E-state index in [1.165, 1.54) is 0 Å². The number of rotatable bonds is 5. The number of anilines is 3. The molecule has 2 aromatic carbocycles. The zero-order valence-electron chi connectivity index (χ0n) is 24.4. The van der Waals surface area contributed by atoms with Gasteiger partial charge in [-0.05, 0) is 89.6 Å². The Labute approximate surface area is 240 Å². The van der Waals surface area contributed by atoms with Gasteiger partial charge < -0.3 is 29.0 Å². The molecule has 4 rings (SSSR count). The summed E-state index contributed by atoms with van der Waals surface area (Å²) in [6.07, 6.45) is 2.25. The number of hydrogen-bond acceptors (Lipinski definition) is 7. The molecule has 0 radical (unpaired) electrons. The molecule has 0 aliphatic carbocycles. The maximum atomic E-state index is 13.3. The largest absolute Gasteiger partial charge is 0.472 e. The predicted molar refractivity (Wildman–Crippen MR) is 158 cm³/mol. The molecule has 1 aliphatic rings. The van der Waals surface area contributed by atoms with Gasteiger partial charge in [-0.3, -0.25) is 10.1 Å². The molecule has 41 heavy (non-hydrogen) atoms. The van der Waals surface area contributed by atoms with Crippen molar-refractivity contribution in [3.63, 3.8) is 0 Å². The maximum Gasteiger partial charge on any atom is 0.412 e. The van der Waals surface area contributed by atoms with Gasteiger partial charge in [-0.25, -0.2) is 9.59 Å². The second-order valence-corrected chi connectivity index (χ2v) is 11.9. The van der Waals surface area contributed by atoms with Crippen LogP contribution in [0, 0.1) is 0 Å². The topological polar surface area (TPSA) is 113 Å². The van der Waals surface area contributed by atoms with E-state index in [9.17, 15) is 14.4 Å². The van der Waals surface area contributed by atoms with Crippen LogP contribution in [-0.2, 0) is 9.47 Å². The zero-order chi connectivity index (χ0) is 29.8. The van der Waals surface area contributed by atoms with E-state index in [0.717, 1.165) is 16.8 Å². The first-order valence-corrected chi connectivity index (χ1v) is 13.6. The first-order chi connectivity index (χ1) is 19.3. The first-order valence-electron chi connectivity index (χ1n) is 13.6. The lowest BCUT2D eigenvalue weighted by Crippen LogP contribution is -2.50. The quantitative estimate of drug-likeness (QED) is 0.360. The van der Waals surface area contributed by atoms with Gasteiger partial charge in [0, 0.05) is 43.0 Å². The van der Waals surface area contributed by atoms with Crippen LogP contribution in [0.5, 0.6) is 0 Å². The summed E-state index contributed by atoms with van der Waals surface area (Å²) >= 11 is 0. The van der Waals surface area contributed by atoms with Gasteiger partial charge >= 0.3 is 12.2 Å². The number of carbonyl (C=O) groups is 3. The third-order valence-corrected chi connectivity index (χ3v) is 6.18. The summed E-state index contributed by atoms with van der Waals surface area (Å²) in [5.41, 5.74) is 2.68. The van der Waals surface area contributed by atoms with Crippen molar-refractivity contribution in [2.75, 3.05) is 41.7 Å². The van der Waals surface area contributed by atoms with E-state index >= 15 is 0 Å². The Balaban J connectivity index is 1.44. The Hall–Kier alpha value is -4.47. The van der Waals surface area contributed by atoms with Gasteiger partial charge in [0.2, 0.25) is 0 Å². The van der Waals surface area contributed by atoms with Crippen LogP contribution in [0.1, 0.15) is 51.9 Å². The summed E-state index contributed by atoms with van der Waals surface area (Å²) in [6, 6.07) is 14.4. The van der Waals surface area contributed by atoms with Gasteiger partial charge in [0.1, 0.15) is 11.2 Å². The normalized spacial score (nSPS) is 13.9. The highest BCUT2D eigenvalue weighted by Crippen LogP contribution is 2.30. The fourth-order valence-electron chi connectivity index (χ4n) is 4.27. The Morgan fingerprint density at radius 2 is 1.41 bits per heavy atom. The molecule has 10 nitrogen and oxygen atoms in total. The van der Waals surface area contributed by atoms with Crippen LogP contribution in [0.4, 0.5) is 26.7 Å².